The van der Waals surface area contributed by atoms with E-state index in [1.54, 1.807) is 18.5 Å². The molecule has 1 aliphatic rings. The Balaban J connectivity index is 2.08. The molecule has 0 amide bonds. The topological polar surface area (TPSA) is 100 Å². The first kappa shape index (κ1) is 14.9. The van der Waals surface area contributed by atoms with E-state index in [9.17, 15) is 8.42 Å². The average Bonchev–Trinajstić information content (AvgIpc) is 3.18. The molecule has 0 bridgehead atoms. The van der Waals surface area contributed by atoms with Crippen molar-refractivity contribution in [1.82, 2.24) is 9.29 Å². The number of nitrogens with zero attached hydrogens (tertiary/aromatic N) is 2. The summed E-state index contributed by atoms with van der Waals surface area (Å²) in [7, 11) is -3.30. The number of pyridine rings is 1. The lowest BCUT2D eigenvalue weighted by atomic mass is 10.3. The van der Waals surface area contributed by atoms with Crippen LogP contribution >= 0.6 is 0 Å². The second kappa shape index (κ2) is 6.32. The van der Waals surface area contributed by atoms with Crippen LogP contribution in [-0.2, 0) is 16.6 Å². The normalized spacial score (nSPS) is 15.4. The Morgan fingerprint density at radius 2 is 2.25 bits per heavy atom. The van der Waals surface area contributed by atoms with E-state index < -0.39 is 10.0 Å². The highest BCUT2D eigenvalue weighted by Crippen LogP contribution is 2.31. The zero-order chi connectivity index (χ0) is 14.6. The molecule has 6 nitrogen and oxygen atoms in total. The molecule has 0 spiro atoms. The van der Waals surface area contributed by atoms with Crippen molar-refractivity contribution in [2.24, 2.45) is 11.7 Å². The van der Waals surface area contributed by atoms with Gasteiger partial charge in [0, 0.05) is 31.9 Å². The maximum absolute atomic E-state index is 12.4. The molecule has 2 rings (SSSR count). The maximum Gasteiger partial charge on any atom is 0.214 e. The Kier molecular flexibility index (Phi) is 4.72. The van der Waals surface area contributed by atoms with Gasteiger partial charge in [-0.15, -0.1) is 0 Å². The van der Waals surface area contributed by atoms with Crippen molar-refractivity contribution in [2.75, 3.05) is 12.3 Å². The van der Waals surface area contributed by atoms with Crippen LogP contribution in [0.25, 0.3) is 0 Å². The van der Waals surface area contributed by atoms with Gasteiger partial charge in [-0.25, -0.2) is 8.42 Å². The summed E-state index contributed by atoms with van der Waals surface area (Å²) < 4.78 is 26.2. The lowest BCUT2D eigenvalue weighted by Crippen LogP contribution is -2.35. The predicted molar refractivity (Wildman–Crippen MR) is 77.7 cm³/mol. The highest BCUT2D eigenvalue weighted by atomic mass is 32.2. The molecule has 0 aromatic carbocycles. The van der Waals surface area contributed by atoms with Gasteiger partial charge in [0.25, 0.3) is 0 Å². The van der Waals surface area contributed by atoms with Crippen molar-refractivity contribution in [3.05, 3.63) is 30.1 Å². The molecule has 0 aliphatic heterocycles. The van der Waals surface area contributed by atoms with Crippen molar-refractivity contribution in [3.63, 3.8) is 0 Å². The van der Waals surface area contributed by atoms with Gasteiger partial charge in [-0.1, -0.05) is 6.07 Å². The first-order chi connectivity index (χ1) is 9.47. The van der Waals surface area contributed by atoms with Gasteiger partial charge in [-0.05, 0) is 30.4 Å². The highest BCUT2D eigenvalue weighted by molar-refractivity contribution is 7.89. The fourth-order valence-electron chi connectivity index (χ4n) is 1.94. The lowest BCUT2D eigenvalue weighted by Gasteiger charge is -2.22. The molecule has 0 radical (unpaired) electrons. The van der Waals surface area contributed by atoms with Gasteiger partial charge in [0.1, 0.15) is 0 Å². The SMILES string of the molecule is N=C(N)CCN(Cc1cccnc1)S(=O)(=O)CC1CC1. The molecule has 0 atom stereocenters. The predicted octanol–water partition coefficient (Wildman–Crippen LogP) is 0.949. The number of amidine groups is 1. The van der Waals surface area contributed by atoms with E-state index >= 15 is 0 Å². The number of hydrogen-bond acceptors (Lipinski definition) is 4. The Hall–Kier alpha value is -1.47. The van der Waals surface area contributed by atoms with E-state index in [-0.39, 0.29) is 31.1 Å². The van der Waals surface area contributed by atoms with Gasteiger partial charge >= 0.3 is 0 Å². The van der Waals surface area contributed by atoms with Gasteiger partial charge in [-0.3, -0.25) is 10.4 Å². The average molecular weight is 296 g/mol. The van der Waals surface area contributed by atoms with Crippen molar-refractivity contribution in [2.45, 2.75) is 25.8 Å². The Labute approximate surface area is 119 Å². The summed E-state index contributed by atoms with van der Waals surface area (Å²) in [6.45, 7) is 0.537. The monoisotopic (exact) mass is 296 g/mol. The smallest absolute Gasteiger partial charge is 0.214 e. The van der Waals surface area contributed by atoms with Crippen molar-refractivity contribution >= 4 is 15.9 Å². The molecule has 1 aromatic heterocycles. The minimum Gasteiger partial charge on any atom is -0.388 e. The number of nitrogens with one attached hydrogen (secondary N) is 1. The fourth-order valence-corrected chi connectivity index (χ4v) is 3.80. The third-order valence-electron chi connectivity index (χ3n) is 3.25. The first-order valence-electron chi connectivity index (χ1n) is 6.67. The quantitative estimate of drug-likeness (QED) is 0.551. The largest absolute Gasteiger partial charge is 0.388 e. The van der Waals surface area contributed by atoms with Gasteiger partial charge < -0.3 is 5.73 Å². The molecule has 1 aromatic rings. The third kappa shape index (κ3) is 4.57. The molecule has 0 unspecified atom stereocenters. The minimum atomic E-state index is -3.30. The van der Waals surface area contributed by atoms with E-state index in [4.69, 9.17) is 11.1 Å². The Bertz CT molecular complexity index is 555. The van der Waals surface area contributed by atoms with Crippen LogP contribution in [0.3, 0.4) is 0 Å². The van der Waals surface area contributed by atoms with E-state index in [2.05, 4.69) is 4.98 Å². The number of aromatic nitrogens is 1. The van der Waals surface area contributed by atoms with E-state index in [1.165, 1.54) is 4.31 Å². The van der Waals surface area contributed by atoms with Crippen LogP contribution in [0.5, 0.6) is 0 Å². The standard InChI is InChI=1S/C13H20N4O2S/c14-13(15)5-7-17(9-12-2-1-6-16-8-12)20(18,19)10-11-3-4-11/h1-2,6,8,11H,3-5,7,9-10H2,(H3,14,15). The van der Waals surface area contributed by atoms with Crippen LogP contribution in [0.1, 0.15) is 24.8 Å². The number of sulfonamides is 1. The van der Waals surface area contributed by atoms with E-state index in [0.717, 1.165) is 18.4 Å². The third-order valence-corrected chi connectivity index (χ3v) is 5.24. The van der Waals surface area contributed by atoms with Gasteiger partial charge in [0.05, 0.1) is 11.6 Å². The summed E-state index contributed by atoms with van der Waals surface area (Å²) in [5.74, 6) is 0.502. The van der Waals surface area contributed by atoms with E-state index in [1.807, 2.05) is 6.07 Å². The minimum absolute atomic E-state index is 0.00260. The van der Waals surface area contributed by atoms with Gasteiger partial charge in [0.15, 0.2) is 0 Å². The second-order valence-corrected chi connectivity index (χ2v) is 7.21. The van der Waals surface area contributed by atoms with Gasteiger partial charge in [-0.2, -0.15) is 4.31 Å². The van der Waals surface area contributed by atoms with Gasteiger partial charge in [0.2, 0.25) is 10.0 Å². The fraction of sp³-hybridized carbons (Fsp3) is 0.538. The summed E-state index contributed by atoms with van der Waals surface area (Å²) in [5.41, 5.74) is 6.18. The summed E-state index contributed by atoms with van der Waals surface area (Å²) >= 11 is 0. The van der Waals surface area contributed by atoms with Crippen LogP contribution < -0.4 is 5.73 Å². The molecular formula is C13H20N4O2S. The summed E-state index contributed by atoms with van der Waals surface area (Å²) in [5, 5.41) is 7.27. The molecule has 20 heavy (non-hydrogen) atoms. The van der Waals surface area contributed by atoms with Crippen molar-refractivity contribution in [3.8, 4) is 0 Å². The summed E-state index contributed by atoms with van der Waals surface area (Å²) in [6.07, 6.45) is 5.55. The number of nitrogens with two attached hydrogens (primary N) is 1. The second-order valence-electron chi connectivity index (χ2n) is 5.19. The molecule has 1 fully saturated rings. The molecular weight excluding hydrogens is 276 g/mol. The molecule has 1 heterocycles. The van der Waals surface area contributed by atoms with Crippen molar-refractivity contribution < 1.29 is 8.42 Å². The van der Waals surface area contributed by atoms with E-state index in [0.29, 0.717) is 5.92 Å². The maximum atomic E-state index is 12.4. The first-order valence-corrected chi connectivity index (χ1v) is 8.28. The van der Waals surface area contributed by atoms with Crippen molar-refractivity contribution in [1.29, 1.82) is 5.41 Å². The lowest BCUT2D eigenvalue weighted by molar-refractivity contribution is 0.413. The molecule has 7 heteroatoms. The summed E-state index contributed by atoms with van der Waals surface area (Å²) in [6, 6.07) is 3.63. The zero-order valence-corrected chi connectivity index (χ0v) is 12.1. The molecule has 1 saturated carbocycles. The molecule has 3 N–H and O–H groups in total. The Morgan fingerprint density at radius 3 is 2.80 bits per heavy atom. The summed E-state index contributed by atoms with van der Waals surface area (Å²) in [4.78, 5) is 4.00. The van der Waals surface area contributed by atoms with Crippen LogP contribution in [0, 0.1) is 11.3 Å². The van der Waals surface area contributed by atoms with Crippen LogP contribution in [0.2, 0.25) is 0 Å². The highest BCUT2D eigenvalue weighted by Gasteiger charge is 2.31. The zero-order valence-electron chi connectivity index (χ0n) is 11.3. The van der Waals surface area contributed by atoms with Crippen LogP contribution in [-0.4, -0.2) is 35.8 Å². The number of hydrogen-bond donors (Lipinski definition) is 2. The molecule has 1 aliphatic carbocycles. The number of rotatable bonds is 8. The van der Waals surface area contributed by atoms with Crippen LogP contribution in [0.4, 0.5) is 0 Å². The molecule has 110 valence electrons. The Morgan fingerprint density at radius 1 is 1.50 bits per heavy atom. The molecule has 0 saturated heterocycles. The van der Waals surface area contributed by atoms with Crippen LogP contribution in [0.15, 0.2) is 24.5 Å².